The molecule has 0 atom stereocenters. The molecule has 5 heterocycles. The van der Waals surface area contributed by atoms with Crippen molar-refractivity contribution >= 4 is 68.9 Å². The van der Waals surface area contributed by atoms with E-state index in [0.29, 0.717) is 29.8 Å². The van der Waals surface area contributed by atoms with Gasteiger partial charge in [0.2, 0.25) is 0 Å². The number of pyridine rings is 2. The van der Waals surface area contributed by atoms with Crippen LogP contribution in [0.25, 0.3) is 61.0 Å². The molecule has 0 radical (unpaired) electrons. The SMILES string of the molecule is CCCC/C=C(/CCC)c1ccc2occc2c1.CCc1c(-c2ccc3occc3c2)[nH]c(=O)c(C)c1O.CCc1c(O)cc(=O)[nH]c1-c1ccc2occc2c1.COC(=O)C(C)C(=O)OC.O=C=O.O=C=O.O=C=O. The summed E-state index contributed by atoms with van der Waals surface area (Å²) in [6.07, 6.45) is 15.5. The number of hydrogen-bond donors (Lipinski definition) is 4. The summed E-state index contributed by atoms with van der Waals surface area (Å²) in [5, 5.41) is 23.1. The Morgan fingerprint density at radius 1 is 0.632 bits per heavy atom. The smallest absolute Gasteiger partial charge is 0.373 e. The van der Waals surface area contributed by atoms with Crippen molar-refractivity contribution in [1.82, 2.24) is 9.97 Å². The van der Waals surface area contributed by atoms with Gasteiger partial charge in [0.05, 0.1) is 50.0 Å². The maximum atomic E-state index is 11.9. The second-order valence-corrected chi connectivity index (χ2v) is 16.0. The monoisotopic (exact) mass is 1040 g/mol. The molecule has 0 amide bonds. The van der Waals surface area contributed by atoms with Crippen LogP contribution in [0.5, 0.6) is 11.5 Å². The second kappa shape index (κ2) is 33.4. The highest BCUT2D eigenvalue weighted by molar-refractivity contribution is 5.94. The number of aromatic nitrogens is 2. The number of unbranched alkanes of at least 4 members (excludes halogenated alkanes) is 2. The number of carbonyl (C=O) groups is 2. The summed E-state index contributed by atoms with van der Waals surface area (Å²) in [5.41, 5.74) is 9.73. The number of furan rings is 3. The molecule has 76 heavy (non-hydrogen) atoms. The highest BCUT2D eigenvalue weighted by Crippen LogP contribution is 2.32. The Morgan fingerprint density at radius 3 is 1.51 bits per heavy atom. The van der Waals surface area contributed by atoms with Crippen LogP contribution in [0.4, 0.5) is 0 Å². The number of carbonyl (C=O) groups excluding carboxylic acids is 8. The number of fused-ring (bicyclic) bond motifs is 3. The molecule has 3 aromatic carbocycles. The van der Waals surface area contributed by atoms with Crippen LogP contribution in [-0.4, -0.2) is 64.8 Å². The van der Waals surface area contributed by atoms with Gasteiger partial charge in [0.1, 0.15) is 28.2 Å². The van der Waals surface area contributed by atoms with Crippen molar-refractivity contribution in [2.24, 2.45) is 5.92 Å². The van der Waals surface area contributed by atoms with E-state index in [-0.39, 0.29) is 41.1 Å². The van der Waals surface area contributed by atoms with E-state index in [4.69, 9.17) is 42.0 Å². The van der Waals surface area contributed by atoms with E-state index >= 15 is 0 Å². The lowest BCUT2D eigenvalue weighted by Crippen LogP contribution is -2.23. The Kier molecular flexibility index (Phi) is 27.5. The highest BCUT2D eigenvalue weighted by Gasteiger charge is 2.22. The van der Waals surface area contributed by atoms with Crippen molar-refractivity contribution in [2.45, 2.75) is 86.5 Å². The molecular formula is C57H60N2O17. The number of esters is 2. The molecule has 0 saturated carbocycles. The zero-order valence-corrected chi connectivity index (χ0v) is 43.4. The average molecular weight is 1050 g/mol. The van der Waals surface area contributed by atoms with Gasteiger partial charge in [-0.1, -0.05) is 59.1 Å². The number of rotatable bonds is 12. The van der Waals surface area contributed by atoms with E-state index in [0.717, 1.165) is 56.2 Å². The van der Waals surface area contributed by atoms with Gasteiger partial charge in [0, 0.05) is 33.4 Å². The van der Waals surface area contributed by atoms with Crippen molar-refractivity contribution < 1.29 is 71.3 Å². The minimum absolute atomic E-state index is 0.0357. The lowest BCUT2D eigenvalue weighted by Gasteiger charge is -2.11. The molecule has 8 aromatic rings. The van der Waals surface area contributed by atoms with Gasteiger partial charge in [0.15, 0.2) is 5.92 Å². The first-order valence-electron chi connectivity index (χ1n) is 23.7. The predicted octanol–water partition coefficient (Wildman–Crippen LogP) is 10.4. The van der Waals surface area contributed by atoms with Gasteiger partial charge in [-0.2, -0.15) is 28.8 Å². The largest absolute Gasteiger partial charge is 0.507 e. The van der Waals surface area contributed by atoms with Gasteiger partial charge in [0.25, 0.3) is 11.1 Å². The summed E-state index contributed by atoms with van der Waals surface area (Å²) in [4.78, 5) is 99.0. The molecule has 0 aliphatic heterocycles. The van der Waals surface area contributed by atoms with Crippen molar-refractivity contribution in [1.29, 1.82) is 0 Å². The molecular weight excluding hydrogens is 985 g/mol. The molecule has 0 bridgehead atoms. The number of hydrogen-bond acceptors (Lipinski definition) is 17. The summed E-state index contributed by atoms with van der Waals surface area (Å²) in [6, 6.07) is 24.8. The van der Waals surface area contributed by atoms with Gasteiger partial charge in [-0.05, 0) is 129 Å². The minimum Gasteiger partial charge on any atom is -0.507 e. The van der Waals surface area contributed by atoms with Crippen LogP contribution in [0.15, 0.2) is 127 Å². The van der Waals surface area contributed by atoms with E-state index in [2.05, 4.69) is 57.6 Å². The van der Waals surface area contributed by atoms with E-state index in [1.165, 1.54) is 69.4 Å². The maximum absolute atomic E-state index is 11.9. The van der Waals surface area contributed by atoms with Crippen molar-refractivity contribution in [3.8, 4) is 34.0 Å². The number of aromatic amines is 2. The fourth-order valence-corrected chi connectivity index (χ4v) is 7.48. The summed E-state index contributed by atoms with van der Waals surface area (Å²) >= 11 is 0. The van der Waals surface area contributed by atoms with Crippen LogP contribution in [0, 0.1) is 12.8 Å². The number of methoxy groups -OCH3 is 2. The van der Waals surface area contributed by atoms with Gasteiger partial charge < -0.3 is 42.9 Å². The van der Waals surface area contributed by atoms with Gasteiger partial charge in [-0.25, -0.2) is 0 Å². The predicted molar refractivity (Wildman–Crippen MR) is 278 cm³/mol. The van der Waals surface area contributed by atoms with E-state index in [9.17, 15) is 29.4 Å². The van der Waals surface area contributed by atoms with Crippen LogP contribution in [-0.2, 0) is 60.7 Å². The number of H-pyrrole nitrogens is 2. The van der Waals surface area contributed by atoms with Crippen LogP contribution in [0.2, 0.25) is 0 Å². The second-order valence-electron chi connectivity index (χ2n) is 16.0. The molecule has 8 rings (SSSR count). The van der Waals surface area contributed by atoms with Crippen LogP contribution in [0.1, 0.15) is 89.0 Å². The van der Waals surface area contributed by atoms with Gasteiger partial charge in [-0.3, -0.25) is 19.2 Å². The van der Waals surface area contributed by atoms with Gasteiger partial charge in [-0.15, -0.1) is 0 Å². The first-order valence-corrected chi connectivity index (χ1v) is 23.7. The van der Waals surface area contributed by atoms with E-state index in [1.54, 1.807) is 25.7 Å². The molecule has 400 valence electrons. The third-order valence-electron chi connectivity index (χ3n) is 11.2. The fraction of sp³-hybridized carbons (Fsp3) is 0.281. The molecule has 19 heteroatoms. The zero-order chi connectivity index (χ0) is 56.7. The topological polar surface area (TPSA) is 301 Å². The van der Waals surface area contributed by atoms with Crippen LogP contribution in [0.3, 0.4) is 0 Å². The quantitative estimate of drug-likeness (QED) is 0.0502. The molecule has 0 saturated heterocycles. The Morgan fingerprint density at radius 2 is 1.08 bits per heavy atom. The Balaban J connectivity index is 0.000000336. The summed E-state index contributed by atoms with van der Waals surface area (Å²) in [6.45, 7) is 11.4. The van der Waals surface area contributed by atoms with Crippen molar-refractivity contribution in [3.05, 3.63) is 147 Å². The van der Waals surface area contributed by atoms with Crippen molar-refractivity contribution in [3.63, 3.8) is 0 Å². The Labute approximate surface area is 436 Å². The molecule has 19 nitrogen and oxygen atoms in total. The standard InChI is InChI=1S/C17H22O.C16H15NO3.C15H13NO3.C6H10O4.3CO2/c1-3-5-6-8-14(7-4-2)15-9-10-17-16(13-15)11-12-18-17;1-3-12-14(17-16(19)9(2)15(12)18)11-4-5-13-10(8-11)6-7-20-13;1-2-11-12(17)8-14(18)16-15(11)10-3-4-13-9(7-10)5-6-19-13;1-4(5(7)9-2)6(8)10-3;3*2-1-3/h8-13H,3-7H2,1-2H3;4-8H,3H2,1-2H3,(H2,17,18,19);3-8H,2H2,1H3,(H2,16,17,18);4H,1-3H3;;;/b14-8-;;;;;;. The summed E-state index contributed by atoms with van der Waals surface area (Å²) < 4.78 is 24.6. The molecule has 0 aliphatic carbocycles. The fourth-order valence-electron chi connectivity index (χ4n) is 7.48. The summed E-state index contributed by atoms with van der Waals surface area (Å²) in [5.74, 6) is -1.86. The van der Waals surface area contributed by atoms with Crippen molar-refractivity contribution in [2.75, 3.05) is 14.2 Å². The third kappa shape index (κ3) is 18.3. The normalized spacial score (nSPS) is 10.1. The van der Waals surface area contributed by atoms with Crippen LogP contribution >= 0.6 is 0 Å². The molecule has 0 unspecified atom stereocenters. The number of nitrogens with one attached hydrogen (secondary N) is 2. The van der Waals surface area contributed by atoms with E-state index < -0.39 is 17.9 Å². The number of aromatic hydroxyl groups is 2. The van der Waals surface area contributed by atoms with Gasteiger partial charge >= 0.3 is 30.4 Å². The Hall–Kier alpha value is -9.40. The molecule has 0 spiro atoms. The third-order valence-corrected chi connectivity index (χ3v) is 11.2. The first kappa shape index (κ1) is 62.7. The number of ether oxygens (including phenoxy) is 2. The minimum atomic E-state index is -0.824. The van der Waals surface area contributed by atoms with E-state index in [1.807, 2.05) is 68.4 Å². The lowest BCUT2D eigenvalue weighted by atomic mass is 9.98. The number of benzene rings is 3. The maximum Gasteiger partial charge on any atom is 0.373 e. The molecule has 0 fully saturated rings. The molecule has 4 N–H and O–H groups in total. The lowest BCUT2D eigenvalue weighted by molar-refractivity contribution is -0.193. The zero-order valence-electron chi connectivity index (χ0n) is 43.4. The van der Waals surface area contributed by atoms with Crippen LogP contribution < -0.4 is 11.1 Å². The molecule has 5 aromatic heterocycles. The molecule has 0 aliphatic rings. The first-order chi connectivity index (χ1) is 36.5. The number of allylic oxidation sites excluding steroid dienone is 2. The summed E-state index contributed by atoms with van der Waals surface area (Å²) in [7, 11) is 2.45. The highest BCUT2D eigenvalue weighted by atomic mass is 16.5. The average Bonchev–Trinajstić information content (AvgIpc) is 4.22. The Bertz CT molecular complexity index is 3340.